The summed E-state index contributed by atoms with van der Waals surface area (Å²) in [6.07, 6.45) is 0. The monoisotopic (exact) mass is 374 g/mol. The standard InChI is InChI=1S/C27H22N2/c1-19-16-17-22-23(18-19)27(21-12-6-3-7-13-21)29(25-15-9-8-14-24(25)28)26(22)20-10-4-2-5-11-20/h2-18H,28H2,1H3. The fourth-order valence-corrected chi connectivity index (χ4v) is 4.11. The summed E-state index contributed by atoms with van der Waals surface area (Å²) in [5, 5.41) is 2.46. The molecule has 0 bridgehead atoms. The molecule has 4 aromatic carbocycles. The molecular weight excluding hydrogens is 352 g/mol. The first-order chi connectivity index (χ1) is 14.2. The van der Waals surface area contributed by atoms with E-state index in [0.29, 0.717) is 0 Å². The molecule has 2 N–H and O–H groups in total. The third kappa shape index (κ3) is 2.90. The van der Waals surface area contributed by atoms with Gasteiger partial charge in [-0.15, -0.1) is 0 Å². The minimum atomic E-state index is 0.763. The van der Waals surface area contributed by atoms with E-state index in [2.05, 4.69) is 96.4 Å². The van der Waals surface area contributed by atoms with Crippen molar-refractivity contribution in [3.8, 4) is 28.2 Å². The van der Waals surface area contributed by atoms with Crippen molar-refractivity contribution in [2.24, 2.45) is 0 Å². The van der Waals surface area contributed by atoms with Crippen LogP contribution in [0, 0.1) is 6.92 Å². The fourth-order valence-electron chi connectivity index (χ4n) is 4.11. The summed E-state index contributed by atoms with van der Waals surface area (Å²) >= 11 is 0. The molecule has 5 aromatic rings. The van der Waals surface area contributed by atoms with E-state index >= 15 is 0 Å². The molecule has 0 aliphatic heterocycles. The van der Waals surface area contributed by atoms with Crippen LogP contribution >= 0.6 is 0 Å². The second-order valence-corrected chi connectivity index (χ2v) is 7.37. The van der Waals surface area contributed by atoms with E-state index in [9.17, 15) is 0 Å². The number of benzene rings is 4. The van der Waals surface area contributed by atoms with E-state index in [0.717, 1.165) is 17.1 Å². The number of nitrogen functional groups attached to an aromatic ring is 1. The van der Waals surface area contributed by atoms with Gasteiger partial charge in [0.25, 0.3) is 0 Å². The van der Waals surface area contributed by atoms with Gasteiger partial charge in [0.2, 0.25) is 0 Å². The summed E-state index contributed by atoms with van der Waals surface area (Å²) < 4.78 is 2.32. The smallest absolute Gasteiger partial charge is 0.0692 e. The lowest BCUT2D eigenvalue weighted by atomic mass is 10.0. The Labute approximate surface area is 170 Å². The van der Waals surface area contributed by atoms with Crippen LogP contribution in [0.3, 0.4) is 0 Å². The lowest BCUT2D eigenvalue weighted by Gasteiger charge is -2.16. The van der Waals surface area contributed by atoms with E-state index in [-0.39, 0.29) is 0 Å². The summed E-state index contributed by atoms with van der Waals surface area (Å²) in [5.74, 6) is 0. The van der Waals surface area contributed by atoms with Gasteiger partial charge in [-0.2, -0.15) is 0 Å². The summed E-state index contributed by atoms with van der Waals surface area (Å²) in [5.41, 5.74) is 14.2. The topological polar surface area (TPSA) is 30.9 Å². The second kappa shape index (κ2) is 6.99. The van der Waals surface area contributed by atoms with Crippen molar-refractivity contribution in [2.45, 2.75) is 6.92 Å². The summed E-state index contributed by atoms with van der Waals surface area (Å²) in [6.45, 7) is 2.14. The number of hydrogen-bond acceptors (Lipinski definition) is 1. The van der Waals surface area contributed by atoms with Crippen molar-refractivity contribution in [2.75, 3.05) is 5.73 Å². The molecule has 29 heavy (non-hydrogen) atoms. The zero-order chi connectivity index (χ0) is 19.8. The van der Waals surface area contributed by atoms with Crippen LogP contribution in [0.2, 0.25) is 0 Å². The third-order valence-electron chi connectivity index (χ3n) is 5.40. The highest BCUT2D eigenvalue weighted by Crippen LogP contribution is 2.42. The van der Waals surface area contributed by atoms with Crippen LogP contribution in [0.4, 0.5) is 5.69 Å². The number of nitrogens with two attached hydrogens (primary N) is 1. The molecule has 5 rings (SSSR count). The molecule has 1 heterocycles. The van der Waals surface area contributed by atoms with Gasteiger partial charge in [-0.05, 0) is 36.2 Å². The Bertz CT molecular complexity index is 1300. The molecule has 0 aliphatic carbocycles. The predicted molar refractivity (Wildman–Crippen MR) is 123 cm³/mol. The normalized spacial score (nSPS) is 11.1. The van der Waals surface area contributed by atoms with Gasteiger partial charge in [0, 0.05) is 10.8 Å². The quantitative estimate of drug-likeness (QED) is 0.344. The lowest BCUT2D eigenvalue weighted by Crippen LogP contribution is -2.03. The molecule has 0 unspecified atom stereocenters. The molecule has 0 saturated carbocycles. The average Bonchev–Trinajstić information content (AvgIpc) is 3.09. The van der Waals surface area contributed by atoms with E-state index in [1.165, 1.54) is 33.2 Å². The lowest BCUT2D eigenvalue weighted by molar-refractivity contribution is 1.10. The minimum absolute atomic E-state index is 0.763. The number of aryl methyl sites for hydroxylation is 1. The van der Waals surface area contributed by atoms with Gasteiger partial charge < -0.3 is 10.3 Å². The zero-order valence-electron chi connectivity index (χ0n) is 16.3. The van der Waals surface area contributed by atoms with Crippen molar-refractivity contribution >= 4 is 16.5 Å². The number of hydrogen-bond donors (Lipinski definition) is 1. The van der Waals surface area contributed by atoms with Gasteiger partial charge in [0.05, 0.1) is 22.8 Å². The highest BCUT2D eigenvalue weighted by Gasteiger charge is 2.21. The van der Waals surface area contributed by atoms with Gasteiger partial charge in [0.15, 0.2) is 0 Å². The molecule has 2 heteroatoms. The van der Waals surface area contributed by atoms with E-state index in [1.807, 2.05) is 18.2 Å². The van der Waals surface area contributed by atoms with Gasteiger partial charge in [0.1, 0.15) is 0 Å². The van der Waals surface area contributed by atoms with Crippen molar-refractivity contribution in [3.05, 3.63) is 109 Å². The van der Waals surface area contributed by atoms with Crippen molar-refractivity contribution < 1.29 is 0 Å². The van der Waals surface area contributed by atoms with Crippen LogP contribution < -0.4 is 5.73 Å². The molecule has 2 nitrogen and oxygen atoms in total. The Morgan fingerprint density at radius 2 is 1.14 bits per heavy atom. The Balaban J connectivity index is 2.01. The summed E-state index contributed by atoms with van der Waals surface area (Å²) in [4.78, 5) is 0. The SMILES string of the molecule is Cc1ccc2c(-c3ccccc3)n(-c3ccccc3N)c(-c3ccccc3)c2c1. The van der Waals surface area contributed by atoms with E-state index in [1.54, 1.807) is 0 Å². The number of rotatable bonds is 3. The Hall–Kier alpha value is -3.78. The first-order valence-corrected chi connectivity index (χ1v) is 9.85. The number of anilines is 1. The highest BCUT2D eigenvalue weighted by atomic mass is 15.0. The molecule has 0 radical (unpaired) electrons. The molecule has 0 atom stereocenters. The maximum Gasteiger partial charge on any atom is 0.0692 e. The van der Waals surface area contributed by atoms with Crippen LogP contribution in [0.25, 0.3) is 39.0 Å². The third-order valence-corrected chi connectivity index (χ3v) is 5.40. The van der Waals surface area contributed by atoms with Crippen molar-refractivity contribution in [3.63, 3.8) is 0 Å². The first kappa shape index (κ1) is 17.3. The summed E-state index contributed by atoms with van der Waals surface area (Å²) in [7, 11) is 0. The minimum Gasteiger partial charge on any atom is -0.397 e. The average molecular weight is 374 g/mol. The van der Waals surface area contributed by atoms with E-state index < -0.39 is 0 Å². The molecule has 0 spiro atoms. The molecule has 1 aromatic heterocycles. The van der Waals surface area contributed by atoms with Crippen LogP contribution in [0.15, 0.2) is 103 Å². The maximum atomic E-state index is 6.48. The van der Waals surface area contributed by atoms with Gasteiger partial charge in [-0.25, -0.2) is 0 Å². The Morgan fingerprint density at radius 1 is 0.586 bits per heavy atom. The van der Waals surface area contributed by atoms with Crippen molar-refractivity contribution in [1.82, 2.24) is 4.57 Å². The van der Waals surface area contributed by atoms with Crippen LogP contribution in [-0.2, 0) is 0 Å². The first-order valence-electron chi connectivity index (χ1n) is 9.85. The van der Waals surface area contributed by atoms with Crippen molar-refractivity contribution in [1.29, 1.82) is 0 Å². The number of nitrogens with zero attached hydrogens (tertiary/aromatic N) is 1. The van der Waals surface area contributed by atoms with Gasteiger partial charge >= 0.3 is 0 Å². The van der Waals surface area contributed by atoms with Gasteiger partial charge in [-0.3, -0.25) is 0 Å². The highest BCUT2D eigenvalue weighted by molar-refractivity contribution is 6.07. The summed E-state index contributed by atoms with van der Waals surface area (Å²) in [6, 6.07) is 35.9. The second-order valence-electron chi connectivity index (χ2n) is 7.37. The number of fused-ring (bicyclic) bond motifs is 1. The molecular formula is C27H22N2. The largest absolute Gasteiger partial charge is 0.397 e. The van der Waals surface area contributed by atoms with Gasteiger partial charge in [-0.1, -0.05) is 90.5 Å². The number of para-hydroxylation sites is 2. The zero-order valence-corrected chi connectivity index (χ0v) is 16.3. The molecule has 0 aliphatic rings. The predicted octanol–water partition coefficient (Wildman–Crippen LogP) is 6.86. The Morgan fingerprint density at radius 3 is 1.76 bits per heavy atom. The van der Waals surface area contributed by atoms with Crippen LogP contribution in [0.1, 0.15) is 5.56 Å². The van der Waals surface area contributed by atoms with Crippen LogP contribution in [0.5, 0.6) is 0 Å². The Kier molecular flexibility index (Phi) is 4.18. The molecule has 0 fully saturated rings. The maximum absolute atomic E-state index is 6.48. The fraction of sp³-hybridized carbons (Fsp3) is 0.0370. The number of aromatic nitrogens is 1. The molecule has 140 valence electrons. The molecule has 0 amide bonds. The molecule has 0 saturated heterocycles. The van der Waals surface area contributed by atoms with E-state index in [4.69, 9.17) is 5.73 Å². The van der Waals surface area contributed by atoms with Crippen LogP contribution in [-0.4, -0.2) is 4.57 Å².